The van der Waals surface area contributed by atoms with Crippen molar-refractivity contribution < 1.29 is 4.79 Å². The third kappa shape index (κ3) is 6.16. The van der Waals surface area contributed by atoms with Gasteiger partial charge in [-0.05, 0) is 80.9 Å². The molecule has 0 spiro atoms. The molecule has 3 heterocycles. The molecule has 2 fully saturated rings. The molecule has 0 radical (unpaired) electrons. The summed E-state index contributed by atoms with van der Waals surface area (Å²) < 4.78 is 3.98. The van der Waals surface area contributed by atoms with Crippen molar-refractivity contribution in [1.29, 1.82) is 0 Å². The van der Waals surface area contributed by atoms with Crippen LogP contribution in [-0.4, -0.2) is 57.7 Å². The zero-order valence-electron chi connectivity index (χ0n) is 24.7. The van der Waals surface area contributed by atoms with Gasteiger partial charge in [0.2, 0.25) is 0 Å². The monoisotopic (exact) mass is 565 g/mol. The second kappa shape index (κ2) is 13.0. The van der Waals surface area contributed by atoms with Gasteiger partial charge >= 0.3 is 11.7 Å². The summed E-state index contributed by atoms with van der Waals surface area (Å²) >= 11 is 0. The van der Waals surface area contributed by atoms with E-state index in [0.29, 0.717) is 13.1 Å². The second-order valence-electron chi connectivity index (χ2n) is 12.1. The highest BCUT2D eigenvalue weighted by atomic mass is 16.2. The molecule has 7 heteroatoms. The number of carbonyl (C=O) groups excluding carboxylic acids is 1. The fourth-order valence-corrected chi connectivity index (χ4v) is 6.73. The normalized spacial score (nSPS) is 17.2. The third-order valence-electron chi connectivity index (χ3n) is 9.25. The summed E-state index contributed by atoms with van der Waals surface area (Å²) in [5.74, 6) is 0.827. The summed E-state index contributed by atoms with van der Waals surface area (Å²) in [6.07, 6.45) is 5.04. The number of hydrogen-bond acceptors (Lipinski definition) is 3. The number of rotatable bonds is 8. The molecule has 0 saturated carbocycles. The Morgan fingerprint density at radius 2 is 1.33 bits per heavy atom. The van der Waals surface area contributed by atoms with Gasteiger partial charge in [0, 0.05) is 25.7 Å². The van der Waals surface area contributed by atoms with E-state index < -0.39 is 0 Å². The van der Waals surface area contributed by atoms with Crippen molar-refractivity contribution >= 4 is 17.1 Å². The Balaban J connectivity index is 1.12. The molecular formula is C35H43N5O2. The lowest BCUT2D eigenvalue weighted by molar-refractivity contribution is 0.169. The molecule has 0 atom stereocenters. The van der Waals surface area contributed by atoms with E-state index in [2.05, 4.69) is 53.5 Å². The fraction of sp³-hybridized carbons (Fsp3) is 0.429. The van der Waals surface area contributed by atoms with Gasteiger partial charge < -0.3 is 15.1 Å². The quantitative estimate of drug-likeness (QED) is 0.283. The molecular weight excluding hydrogens is 522 g/mol. The highest BCUT2D eigenvalue weighted by Gasteiger charge is 2.29. The molecule has 42 heavy (non-hydrogen) atoms. The number of urea groups is 1. The van der Waals surface area contributed by atoms with Gasteiger partial charge in [0.1, 0.15) is 0 Å². The molecule has 0 aliphatic carbocycles. The van der Waals surface area contributed by atoms with Gasteiger partial charge in [-0.25, -0.2) is 9.59 Å². The van der Waals surface area contributed by atoms with Gasteiger partial charge in [0.25, 0.3) is 0 Å². The second-order valence-corrected chi connectivity index (χ2v) is 12.1. The number of nitrogens with zero attached hydrogens (tertiary/aromatic N) is 4. The summed E-state index contributed by atoms with van der Waals surface area (Å²) in [6, 6.07) is 28.2. The number of aromatic nitrogens is 2. The molecule has 2 aliphatic rings. The summed E-state index contributed by atoms with van der Waals surface area (Å²) in [5, 5.41) is 3.28. The Kier molecular flexibility index (Phi) is 8.75. The molecule has 1 aromatic heterocycles. The summed E-state index contributed by atoms with van der Waals surface area (Å²) in [6.45, 7) is 7.69. The number of nitrogens with one attached hydrogen (secondary N) is 1. The first-order chi connectivity index (χ1) is 20.6. The van der Waals surface area contributed by atoms with Crippen LogP contribution in [-0.2, 0) is 6.54 Å². The van der Waals surface area contributed by atoms with E-state index in [9.17, 15) is 9.59 Å². The van der Waals surface area contributed by atoms with Crippen LogP contribution in [0.15, 0.2) is 89.7 Å². The molecule has 2 saturated heterocycles. The molecule has 220 valence electrons. The SMILES string of the molecule is CC1CCN(CCCn2c(=O)n(C3CCN(C(=O)NC(c4ccccc4)c4ccccc4)CC3)c3ccccc32)CC1. The number of fused-ring (bicyclic) bond motifs is 1. The van der Waals surface area contributed by atoms with Crippen molar-refractivity contribution in [3.8, 4) is 0 Å². The number of carbonyl (C=O) groups is 1. The van der Waals surface area contributed by atoms with Crippen LogP contribution in [0.25, 0.3) is 11.0 Å². The Hall–Kier alpha value is -3.84. The number of aryl methyl sites for hydroxylation is 1. The molecule has 2 aliphatic heterocycles. The van der Waals surface area contributed by atoms with Gasteiger partial charge in [-0.1, -0.05) is 79.7 Å². The van der Waals surface area contributed by atoms with E-state index in [1.165, 1.54) is 25.9 Å². The summed E-state index contributed by atoms with van der Waals surface area (Å²) in [5.41, 5.74) is 4.22. The van der Waals surface area contributed by atoms with E-state index in [1.807, 2.05) is 62.6 Å². The first kappa shape index (κ1) is 28.3. The van der Waals surface area contributed by atoms with Gasteiger partial charge in [0.05, 0.1) is 17.1 Å². The van der Waals surface area contributed by atoms with Crippen LogP contribution >= 0.6 is 0 Å². The number of benzene rings is 3. The van der Waals surface area contributed by atoms with Crippen molar-refractivity contribution in [2.45, 2.75) is 57.7 Å². The Morgan fingerprint density at radius 1 is 0.762 bits per heavy atom. The number of piperidine rings is 2. The van der Waals surface area contributed by atoms with Crippen molar-refractivity contribution in [3.05, 3.63) is 107 Å². The van der Waals surface area contributed by atoms with Crippen LogP contribution in [0.1, 0.15) is 62.2 Å². The topological polar surface area (TPSA) is 62.5 Å². The predicted molar refractivity (Wildman–Crippen MR) is 169 cm³/mol. The zero-order valence-corrected chi connectivity index (χ0v) is 24.7. The number of imidazole rings is 1. The van der Waals surface area contributed by atoms with E-state index in [-0.39, 0.29) is 23.8 Å². The molecule has 0 bridgehead atoms. The Labute approximate surface area is 248 Å². The first-order valence-corrected chi connectivity index (χ1v) is 15.7. The number of hydrogen-bond donors (Lipinski definition) is 1. The van der Waals surface area contributed by atoms with Crippen molar-refractivity contribution in [2.24, 2.45) is 5.92 Å². The Morgan fingerprint density at radius 3 is 1.95 bits per heavy atom. The lowest BCUT2D eigenvalue weighted by Gasteiger charge is -2.34. The van der Waals surface area contributed by atoms with Crippen molar-refractivity contribution in [2.75, 3.05) is 32.7 Å². The van der Waals surface area contributed by atoms with Crippen LogP contribution in [0, 0.1) is 5.92 Å². The standard InChI is InChI=1S/C35H43N5O2/c1-27-17-23-37(24-18-27)21-10-22-39-31-15-8-9-16-32(31)40(35(39)42)30-19-25-38(26-20-30)34(41)36-33(28-11-4-2-5-12-28)29-13-6-3-7-14-29/h2-9,11-16,27,30,33H,10,17-26H2,1H3,(H,36,41). The molecule has 3 aromatic carbocycles. The van der Waals surface area contributed by atoms with E-state index in [1.54, 1.807) is 0 Å². The Bertz CT molecular complexity index is 1470. The predicted octanol–water partition coefficient (Wildman–Crippen LogP) is 6.06. The lowest BCUT2D eigenvalue weighted by atomic mass is 9.99. The third-order valence-corrected chi connectivity index (χ3v) is 9.25. The number of para-hydroxylation sites is 2. The highest BCUT2D eigenvalue weighted by Crippen LogP contribution is 2.27. The fourth-order valence-electron chi connectivity index (χ4n) is 6.73. The average Bonchev–Trinajstić information content (AvgIpc) is 3.32. The van der Waals surface area contributed by atoms with Gasteiger partial charge in [-0.2, -0.15) is 0 Å². The van der Waals surface area contributed by atoms with Gasteiger partial charge in [-0.3, -0.25) is 9.13 Å². The molecule has 4 aromatic rings. The molecule has 7 nitrogen and oxygen atoms in total. The minimum Gasteiger partial charge on any atom is -0.327 e. The van der Waals surface area contributed by atoms with E-state index in [0.717, 1.165) is 60.4 Å². The summed E-state index contributed by atoms with van der Waals surface area (Å²) in [4.78, 5) is 31.7. The van der Waals surface area contributed by atoms with Crippen LogP contribution in [0.2, 0.25) is 0 Å². The summed E-state index contributed by atoms with van der Waals surface area (Å²) in [7, 11) is 0. The maximum absolute atomic E-state index is 13.8. The largest absolute Gasteiger partial charge is 0.329 e. The lowest BCUT2D eigenvalue weighted by Crippen LogP contribution is -2.46. The van der Waals surface area contributed by atoms with Crippen LogP contribution < -0.4 is 11.0 Å². The zero-order chi connectivity index (χ0) is 28.9. The van der Waals surface area contributed by atoms with Crippen LogP contribution in [0.3, 0.4) is 0 Å². The van der Waals surface area contributed by atoms with Crippen molar-refractivity contribution in [3.63, 3.8) is 0 Å². The first-order valence-electron chi connectivity index (χ1n) is 15.7. The van der Waals surface area contributed by atoms with Crippen molar-refractivity contribution in [1.82, 2.24) is 24.3 Å². The molecule has 6 rings (SSSR count). The molecule has 2 amide bonds. The number of likely N-dealkylation sites (tertiary alicyclic amines) is 2. The van der Waals surface area contributed by atoms with Crippen LogP contribution in [0.4, 0.5) is 4.79 Å². The number of amides is 2. The maximum Gasteiger partial charge on any atom is 0.329 e. The van der Waals surface area contributed by atoms with Gasteiger partial charge in [0.15, 0.2) is 0 Å². The van der Waals surface area contributed by atoms with E-state index >= 15 is 0 Å². The molecule has 1 N–H and O–H groups in total. The van der Waals surface area contributed by atoms with E-state index in [4.69, 9.17) is 0 Å². The maximum atomic E-state index is 13.8. The average molecular weight is 566 g/mol. The molecule has 0 unspecified atom stereocenters. The smallest absolute Gasteiger partial charge is 0.327 e. The van der Waals surface area contributed by atoms with Gasteiger partial charge in [-0.15, -0.1) is 0 Å². The minimum atomic E-state index is -0.216. The van der Waals surface area contributed by atoms with Crippen LogP contribution in [0.5, 0.6) is 0 Å². The highest BCUT2D eigenvalue weighted by molar-refractivity contribution is 5.77. The minimum absolute atomic E-state index is 0.0620.